The fourth-order valence-electron chi connectivity index (χ4n) is 4.89. The van der Waals surface area contributed by atoms with Crippen LogP contribution in [-0.4, -0.2) is 47.4 Å². The summed E-state index contributed by atoms with van der Waals surface area (Å²) in [6.45, 7) is 0.234. The zero-order chi connectivity index (χ0) is 28.5. The van der Waals surface area contributed by atoms with Crippen LogP contribution < -0.4 is 5.32 Å². The van der Waals surface area contributed by atoms with Crippen molar-refractivity contribution < 1.29 is 26.3 Å². The smallest absolute Gasteiger partial charge is 0.227 e. The lowest BCUT2D eigenvalue weighted by molar-refractivity contribution is 0.497. The molecule has 0 saturated carbocycles. The summed E-state index contributed by atoms with van der Waals surface area (Å²) < 4.78 is 86.6. The van der Waals surface area contributed by atoms with Crippen molar-refractivity contribution >= 4 is 63.8 Å². The van der Waals surface area contributed by atoms with E-state index in [1.54, 1.807) is 19.9 Å². The van der Waals surface area contributed by atoms with Gasteiger partial charge >= 0.3 is 0 Å². The molecule has 0 aliphatic carbocycles. The molecule has 0 radical (unpaired) electrons. The first-order chi connectivity index (χ1) is 19.1. The molecule has 6 nitrogen and oxygen atoms in total. The summed E-state index contributed by atoms with van der Waals surface area (Å²) in [5.41, 5.74) is 1.58. The molecule has 3 aromatic carbocycles. The number of nitrogens with one attached hydrogen (secondary N) is 1. The van der Waals surface area contributed by atoms with Gasteiger partial charge in [0.25, 0.3) is 0 Å². The summed E-state index contributed by atoms with van der Waals surface area (Å²) in [5, 5.41) is 3.15. The molecule has 0 spiro atoms. The van der Waals surface area contributed by atoms with Crippen LogP contribution in [0.3, 0.4) is 0 Å². The first-order valence-electron chi connectivity index (χ1n) is 11.8. The third-order valence-electron chi connectivity index (χ3n) is 6.80. The van der Waals surface area contributed by atoms with E-state index in [1.165, 1.54) is 4.48 Å². The van der Waals surface area contributed by atoms with E-state index in [0.717, 1.165) is 36.4 Å². The Morgan fingerprint density at radius 1 is 0.800 bits per heavy atom. The number of benzene rings is 3. The minimum atomic E-state index is -1.14. The topological polar surface area (TPSA) is 57.3 Å². The van der Waals surface area contributed by atoms with Crippen molar-refractivity contribution in [3.05, 3.63) is 93.6 Å². The zero-order valence-corrected chi connectivity index (χ0v) is 22.3. The lowest BCUT2D eigenvalue weighted by Crippen LogP contribution is -2.22. The lowest BCUT2D eigenvalue weighted by Gasteiger charge is -2.15. The molecule has 0 atom stereocenters. The van der Waals surface area contributed by atoms with Gasteiger partial charge in [0.1, 0.15) is 23.3 Å². The summed E-state index contributed by atoms with van der Waals surface area (Å²) in [5.74, 6) is -5.70. The van der Waals surface area contributed by atoms with E-state index in [-0.39, 0.29) is 63.0 Å². The van der Waals surface area contributed by atoms with Crippen LogP contribution in [0.4, 0.5) is 38.0 Å². The molecule has 0 amide bonds. The van der Waals surface area contributed by atoms with Gasteiger partial charge in [-0.15, -0.1) is 0 Å². The van der Waals surface area contributed by atoms with E-state index in [1.807, 2.05) is 0 Å². The number of halogens is 7. The second-order valence-electron chi connectivity index (χ2n) is 9.15. The van der Waals surface area contributed by atoms with Gasteiger partial charge in [0.2, 0.25) is 7.98 Å². The molecule has 3 heterocycles. The van der Waals surface area contributed by atoms with Crippen molar-refractivity contribution in [2.24, 2.45) is 15.0 Å². The average Bonchev–Trinajstić information content (AvgIpc) is 3.51. The molecule has 0 bridgehead atoms. The summed E-state index contributed by atoms with van der Waals surface area (Å²) in [7, 11) is 3.11. The molecule has 4 aromatic rings. The Bertz CT molecular complexity index is 1850. The van der Waals surface area contributed by atoms with E-state index in [2.05, 4.69) is 36.2 Å². The normalized spacial score (nSPS) is 16.3. The Labute approximate surface area is 232 Å². The number of hydrogen-bond donors (Lipinski definition) is 1. The number of rotatable bonds is 3. The highest BCUT2D eigenvalue weighted by molar-refractivity contribution is 9.09. The third-order valence-corrected chi connectivity index (χ3v) is 7.41. The highest BCUT2D eigenvalue weighted by Gasteiger charge is 2.29. The Hall–Kier alpha value is -4.07. The number of aliphatic imine (C=N–C) groups is 3. The summed E-state index contributed by atoms with van der Waals surface area (Å²) >= 11 is 3.36. The molecule has 202 valence electrons. The van der Waals surface area contributed by atoms with E-state index in [4.69, 9.17) is 0 Å². The van der Waals surface area contributed by atoms with E-state index < -0.39 is 34.9 Å². The summed E-state index contributed by atoms with van der Waals surface area (Å²) in [6, 6.07) is 6.00. The van der Waals surface area contributed by atoms with Crippen LogP contribution in [-0.2, 0) is 6.54 Å². The number of aromatic nitrogens is 1. The first kappa shape index (κ1) is 26.2. The van der Waals surface area contributed by atoms with Gasteiger partial charge in [0.15, 0.2) is 40.7 Å². The Balaban J connectivity index is 1.60. The maximum atomic E-state index is 14.5. The van der Waals surface area contributed by atoms with Crippen molar-refractivity contribution in [1.82, 2.24) is 14.7 Å². The molecule has 0 fully saturated rings. The third kappa shape index (κ3) is 4.00. The SMILES string of the molecule is Bn1c(/N=C2\N=C(NC)c3cc(F)c(F)cc32)c2cc(F)c(F)cc2c1/N=C1/c2cc(F)c(F)cc2CN1CBr. The first-order valence-corrected chi connectivity index (χ1v) is 12.9. The highest BCUT2D eigenvalue weighted by Crippen LogP contribution is 2.40. The van der Waals surface area contributed by atoms with E-state index >= 15 is 0 Å². The highest BCUT2D eigenvalue weighted by atomic mass is 79.9. The maximum Gasteiger partial charge on any atom is 0.227 e. The number of nitrogens with zero attached hydrogens (tertiary/aromatic N) is 5. The van der Waals surface area contributed by atoms with Gasteiger partial charge in [-0.1, -0.05) is 15.9 Å². The van der Waals surface area contributed by atoms with E-state index in [0.29, 0.717) is 11.1 Å². The maximum absolute atomic E-state index is 14.5. The van der Waals surface area contributed by atoms with Crippen LogP contribution in [0.25, 0.3) is 10.8 Å². The van der Waals surface area contributed by atoms with Crippen LogP contribution in [0, 0.1) is 34.9 Å². The molecule has 6 rings (SSSR count). The summed E-state index contributed by atoms with van der Waals surface area (Å²) in [4.78, 5) is 15.3. The molecule has 2 aliphatic rings. The van der Waals surface area contributed by atoms with Crippen LogP contribution in [0.5, 0.6) is 0 Å². The Morgan fingerprint density at radius 3 is 1.93 bits per heavy atom. The van der Waals surface area contributed by atoms with Crippen molar-refractivity contribution in [3.63, 3.8) is 0 Å². The monoisotopic (exact) mass is 616 g/mol. The van der Waals surface area contributed by atoms with Crippen LogP contribution in [0.15, 0.2) is 51.4 Å². The van der Waals surface area contributed by atoms with Crippen LogP contribution in [0.2, 0.25) is 0 Å². The predicted octanol–water partition coefficient (Wildman–Crippen LogP) is 5.18. The number of fused-ring (bicyclic) bond motifs is 3. The zero-order valence-electron chi connectivity index (χ0n) is 20.8. The molecule has 40 heavy (non-hydrogen) atoms. The van der Waals surface area contributed by atoms with Gasteiger partial charge in [-0.05, 0) is 42.0 Å². The molecule has 14 heteroatoms. The minimum Gasteiger partial charge on any atom is -0.373 e. The molecular weight excluding hydrogens is 601 g/mol. The van der Waals surface area contributed by atoms with Gasteiger partial charge in [-0.2, -0.15) is 0 Å². The fraction of sp³-hybridized carbons (Fsp3) is 0.115. The van der Waals surface area contributed by atoms with Gasteiger partial charge in [-0.3, -0.25) is 0 Å². The van der Waals surface area contributed by atoms with Crippen molar-refractivity contribution in [3.8, 4) is 0 Å². The van der Waals surface area contributed by atoms with E-state index in [9.17, 15) is 26.3 Å². The minimum absolute atomic E-state index is 0.00975. The quantitative estimate of drug-likeness (QED) is 0.149. The van der Waals surface area contributed by atoms with Gasteiger partial charge in [-0.25, -0.2) is 41.3 Å². The second-order valence-corrected chi connectivity index (χ2v) is 9.65. The van der Waals surface area contributed by atoms with Gasteiger partial charge in [0, 0.05) is 41.1 Å². The molecule has 0 saturated heterocycles. The largest absolute Gasteiger partial charge is 0.373 e. The molecular formula is C26H16BBrF6N6. The number of alkyl halides is 1. The van der Waals surface area contributed by atoms with Crippen molar-refractivity contribution in [2.45, 2.75) is 6.54 Å². The molecule has 1 N–H and O–H groups in total. The average molecular weight is 617 g/mol. The molecule has 2 aliphatic heterocycles. The molecule has 0 unspecified atom stereocenters. The van der Waals surface area contributed by atoms with Gasteiger partial charge in [0.05, 0.1) is 5.45 Å². The van der Waals surface area contributed by atoms with Crippen LogP contribution >= 0.6 is 15.9 Å². The fourth-order valence-corrected chi connectivity index (χ4v) is 5.30. The molecule has 1 aromatic heterocycles. The summed E-state index contributed by atoms with van der Waals surface area (Å²) in [6.07, 6.45) is 0. The van der Waals surface area contributed by atoms with Crippen molar-refractivity contribution in [1.29, 1.82) is 0 Å². The number of hydrogen-bond acceptors (Lipinski definition) is 3. The van der Waals surface area contributed by atoms with Crippen molar-refractivity contribution in [2.75, 3.05) is 12.5 Å². The van der Waals surface area contributed by atoms with Gasteiger partial charge < -0.3 is 14.7 Å². The lowest BCUT2D eigenvalue weighted by atomic mass is 10.1. The Kier molecular flexibility index (Phi) is 6.24. The second kappa shape index (κ2) is 9.54. The van der Waals surface area contributed by atoms with Crippen LogP contribution in [0.1, 0.15) is 22.3 Å². The predicted molar refractivity (Wildman–Crippen MR) is 146 cm³/mol. The number of amidine groups is 3. The Morgan fingerprint density at radius 2 is 1.32 bits per heavy atom. The standard InChI is InChI=1S/C26H16BBrF6N6/c1-35-22-12-4-18(31)19(32)5-13(12)23(36-22)37-25-14-6-20(33)21(34)7-15(14)26(40(25)27)38-24-11-3-17(30)16(29)2-10(11)8-39(24)9-28/h2-7H,8-9,27H2,1H3,(H,35,36,37)/b38-24-.